The lowest BCUT2D eigenvalue weighted by Gasteiger charge is -2.38. The van der Waals surface area contributed by atoms with Gasteiger partial charge in [0.25, 0.3) is 0 Å². The smallest absolute Gasteiger partial charge is 0.225 e. The number of carbonyl (C=O) groups excluding carboxylic acids is 1. The largest absolute Gasteiger partial charge is 0.376 e. The molecule has 0 spiro atoms. The number of hydrogen-bond acceptors (Lipinski definition) is 5. The van der Waals surface area contributed by atoms with Crippen LogP contribution in [-0.4, -0.2) is 61.3 Å². The van der Waals surface area contributed by atoms with Crippen molar-refractivity contribution >= 4 is 17.4 Å². The Morgan fingerprint density at radius 2 is 1.95 bits per heavy atom. The Morgan fingerprint density at radius 1 is 1.24 bits per heavy atom. The number of aromatic nitrogens is 2. The van der Waals surface area contributed by atoms with Gasteiger partial charge in [-0.2, -0.15) is 5.10 Å². The molecule has 2 heterocycles. The average Bonchev–Trinajstić information content (AvgIpc) is 2.46. The molecule has 0 radical (unpaired) electrons. The Balaban J connectivity index is 1.60. The van der Waals surface area contributed by atoms with E-state index in [-0.39, 0.29) is 0 Å². The molecule has 3 rings (SSSR count). The molecule has 21 heavy (non-hydrogen) atoms. The van der Waals surface area contributed by atoms with Crippen LogP contribution in [0.5, 0.6) is 0 Å². The van der Waals surface area contributed by atoms with Crippen molar-refractivity contribution < 1.29 is 4.79 Å². The van der Waals surface area contributed by atoms with Crippen molar-refractivity contribution in [2.75, 3.05) is 50.1 Å². The molecule has 1 saturated heterocycles. The fourth-order valence-electron chi connectivity index (χ4n) is 2.81. The molecular weight excluding hydrogens is 266 g/mol. The number of hydrogen-bond donors (Lipinski definition) is 0. The molecule has 1 aromatic heterocycles. The summed E-state index contributed by atoms with van der Waals surface area (Å²) in [5.41, 5.74) is 1.05. The Hall–Kier alpha value is -1.85. The Morgan fingerprint density at radius 3 is 2.52 bits per heavy atom. The van der Waals surface area contributed by atoms with E-state index in [4.69, 9.17) is 0 Å². The van der Waals surface area contributed by atoms with Crippen LogP contribution in [0.4, 0.5) is 11.5 Å². The zero-order valence-electron chi connectivity index (χ0n) is 12.8. The first-order chi connectivity index (χ1) is 10.1. The minimum Gasteiger partial charge on any atom is -0.376 e. The highest BCUT2D eigenvalue weighted by Gasteiger charge is 2.31. The van der Waals surface area contributed by atoms with Crippen LogP contribution < -0.4 is 9.80 Å². The lowest BCUT2D eigenvalue weighted by atomic mass is 9.84. The normalized spacial score (nSPS) is 19.3. The second-order valence-electron chi connectivity index (χ2n) is 6.11. The molecule has 114 valence electrons. The van der Waals surface area contributed by atoms with Gasteiger partial charge in [0.05, 0.1) is 11.9 Å². The Bertz CT molecular complexity index is 507. The molecule has 1 saturated carbocycles. The Labute approximate surface area is 125 Å². The summed E-state index contributed by atoms with van der Waals surface area (Å²) in [6, 6.07) is 2.05. The van der Waals surface area contributed by atoms with Crippen molar-refractivity contribution in [1.29, 1.82) is 0 Å². The van der Waals surface area contributed by atoms with E-state index in [0.717, 1.165) is 50.5 Å². The zero-order chi connectivity index (χ0) is 14.8. The first-order valence-electron chi connectivity index (χ1n) is 7.69. The highest BCUT2D eigenvalue weighted by atomic mass is 16.2. The van der Waals surface area contributed by atoms with E-state index in [9.17, 15) is 4.79 Å². The summed E-state index contributed by atoms with van der Waals surface area (Å²) < 4.78 is 0. The molecule has 1 aliphatic heterocycles. The first-order valence-corrected chi connectivity index (χ1v) is 7.69. The first kappa shape index (κ1) is 14.1. The lowest BCUT2D eigenvalue weighted by molar-refractivity contribution is -0.138. The SMILES string of the molecule is CN(C)c1cnnc(N2CCN(C(=O)C3CCC3)CC2)c1. The average molecular weight is 289 g/mol. The second-order valence-corrected chi connectivity index (χ2v) is 6.11. The number of rotatable bonds is 3. The van der Waals surface area contributed by atoms with Gasteiger partial charge in [-0.3, -0.25) is 4.79 Å². The van der Waals surface area contributed by atoms with E-state index in [2.05, 4.69) is 21.2 Å². The number of amides is 1. The summed E-state index contributed by atoms with van der Waals surface area (Å²) in [5, 5.41) is 8.30. The lowest BCUT2D eigenvalue weighted by Crippen LogP contribution is -2.51. The maximum atomic E-state index is 12.2. The molecule has 0 atom stereocenters. The van der Waals surface area contributed by atoms with Crippen molar-refractivity contribution in [1.82, 2.24) is 15.1 Å². The van der Waals surface area contributed by atoms with Gasteiger partial charge in [0.1, 0.15) is 0 Å². The van der Waals surface area contributed by atoms with E-state index in [1.54, 1.807) is 6.20 Å². The Kier molecular flexibility index (Phi) is 3.94. The van der Waals surface area contributed by atoms with Crippen molar-refractivity contribution in [2.24, 2.45) is 5.92 Å². The fraction of sp³-hybridized carbons (Fsp3) is 0.667. The summed E-state index contributed by atoms with van der Waals surface area (Å²) in [7, 11) is 3.99. The monoisotopic (exact) mass is 289 g/mol. The molecule has 6 nitrogen and oxygen atoms in total. The van der Waals surface area contributed by atoms with E-state index in [1.165, 1.54) is 6.42 Å². The van der Waals surface area contributed by atoms with E-state index >= 15 is 0 Å². The van der Waals surface area contributed by atoms with Crippen LogP contribution in [0.15, 0.2) is 12.3 Å². The number of anilines is 2. The van der Waals surface area contributed by atoms with Crippen LogP contribution in [0.2, 0.25) is 0 Å². The van der Waals surface area contributed by atoms with E-state index < -0.39 is 0 Å². The predicted octanol–water partition coefficient (Wildman–Crippen LogP) is 0.991. The summed E-state index contributed by atoms with van der Waals surface area (Å²) in [6.45, 7) is 3.26. The summed E-state index contributed by atoms with van der Waals surface area (Å²) in [4.78, 5) is 18.5. The van der Waals surface area contributed by atoms with Crippen molar-refractivity contribution in [2.45, 2.75) is 19.3 Å². The maximum absolute atomic E-state index is 12.2. The maximum Gasteiger partial charge on any atom is 0.225 e. The van der Waals surface area contributed by atoms with Gasteiger partial charge in [0, 0.05) is 52.3 Å². The van der Waals surface area contributed by atoms with Gasteiger partial charge in [-0.05, 0) is 12.8 Å². The van der Waals surface area contributed by atoms with Gasteiger partial charge in [0.15, 0.2) is 5.82 Å². The van der Waals surface area contributed by atoms with Crippen molar-refractivity contribution in [3.05, 3.63) is 12.3 Å². The van der Waals surface area contributed by atoms with Crippen molar-refractivity contribution in [3.63, 3.8) is 0 Å². The minimum absolute atomic E-state index is 0.299. The molecule has 1 amide bonds. The van der Waals surface area contributed by atoms with Gasteiger partial charge < -0.3 is 14.7 Å². The van der Waals surface area contributed by atoms with Crippen molar-refractivity contribution in [3.8, 4) is 0 Å². The molecule has 0 bridgehead atoms. The summed E-state index contributed by atoms with van der Waals surface area (Å²) in [6.07, 6.45) is 5.13. The molecule has 2 fully saturated rings. The third-order valence-corrected chi connectivity index (χ3v) is 4.51. The second kappa shape index (κ2) is 5.87. The molecule has 1 aliphatic carbocycles. The van der Waals surface area contributed by atoms with Gasteiger partial charge in [-0.15, -0.1) is 5.10 Å². The van der Waals surface area contributed by atoms with Crippen LogP contribution in [0, 0.1) is 5.92 Å². The molecule has 2 aliphatic rings. The van der Waals surface area contributed by atoms with Crippen LogP contribution in [0.1, 0.15) is 19.3 Å². The highest BCUT2D eigenvalue weighted by molar-refractivity contribution is 5.79. The molecule has 0 N–H and O–H groups in total. The quantitative estimate of drug-likeness (QED) is 0.830. The predicted molar refractivity (Wildman–Crippen MR) is 82.5 cm³/mol. The van der Waals surface area contributed by atoms with E-state index in [0.29, 0.717) is 11.8 Å². The number of carbonyl (C=O) groups is 1. The number of piperazine rings is 1. The highest BCUT2D eigenvalue weighted by Crippen LogP contribution is 2.29. The fourth-order valence-corrected chi connectivity index (χ4v) is 2.81. The zero-order valence-corrected chi connectivity index (χ0v) is 12.8. The van der Waals surface area contributed by atoms with Gasteiger partial charge >= 0.3 is 0 Å². The molecule has 6 heteroatoms. The van der Waals surface area contributed by atoms with Crippen LogP contribution in [0.25, 0.3) is 0 Å². The summed E-state index contributed by atoms with van der Waals surface area (Å²) >= 11 is 0. The van der Waals surface area contributed by atoms with Gasteiger partial charge in [-0.1, -0.05) is 6.42 Å². The van der Waals surface area contributed by atoms with E-state index in [1.807, 2.05) is 23.9 Å². The standard InChI is InChI=1S/C15H23N5O/c1-18(2)13-10-14(17-16-11-13)19-6-8-20(9-7-19)15(21)12-4-3-5-12/h10-12H,3-9H2,1-2H3. The minimum atomic E-state index is 0.299. The molecule has 1 aromatic rings. The molecule has 0 aromatic carbocycles. The molecule has 0 unspecified atom stereocenters. The van der Waals surface area contributed by atoms with Crippen LogP contribution in [-0.2, 0) is 4.79 Å². The molecular formula is C15H23N5O. The van der Waals surface area contributed by atoms with Gasteiger partial charge in [0.2, 0.25) is 5.91 Å². The van der Waals surface area contributed by atoms with Crippen LogP contribution >= 0.6 is 0 Å². The summed E-state index contributed by atoms with van der Waals surface area (Å²) in [5.74, 6) is 1.55. The topological polar surface area (TPSA) is 52.6 Å². The van der Waals surface area contributed by atoms with Gasteiger partial charge in [-0.25, -0.2) is 0 Å². The number of nitrogens with zero attached hydrogens (tertiary/aromatic N) is 5. The third kappa shape index (κ3) is 2.94. The van der Waals surface area contributed by atoms with Crippen LogP contribution in [0.3, 0.4) is 0 Å². The third-order valence-electron chi connectivity index (χ3n) is 4.51.